The number of carboxylic acid groups (broad SMARTS) is 1. The fourth-order valence-corrected chi connectivity index (χ4v) is 5.07. The van der Waals surface area contributed by atoms with Crippen molar-refractivity contribution in [3.8, 4) is 0 Å². The van der Waals surface area contributed by atoms with Crippen LogP contribution < -0.4 is 0 Å². The number of rotatable bonds is 2. The third kappa shape index (κ3) is 2.93. The number of hydrogen-bond acceptors (Lipinski definition) is 4. The third-order valence-corrected chi connectivity index (χ3v) is 6.15. The minimum atomic E-state index is -0.615. The summed E-state index contributed by atoms with van der Waals surface area (Å²) in [4.78, 5) is 13.5. The molecule has 4 nitrogen and oxygen atoms in total. The molecule has 2 unspecified atom stereocenters. The minimum absolute atomic E-state index is 0.118. The van der Waals surface area contributed by atoms with Crippen molar-refractivity contribution in [1.29, 1.82) is 0 Å². The summed E-state index contributed by atoms with van der Waals surface area (Å²) in [6.07, 6.45) is 5.09. The second-order valence-electron chi connectivity index (χ2n) is 6.13. The maximum Gasteiger partial charge on any atom is 0.306 e. The molecular weight excluding hydrogens is 262 g/mol. The van der Waals surface area contributed by atoms with Crippen molar-refractivity contribution in [3.63, 3.8) is 0 Å². The van der Waals surface area contributed by atoms with Gasteiger partial charge in [0.25, 0.3) is 0 Å². The Hall–Kier alpha value is -0.260. The van der Waals surface area contributed by atoms with E-state index in [2.05, 4.69) is 4.90 Å². The van der Waals surface area contributed by atoms with Crippen molar-refractivity contribution in [2.24, 2.45) is 5.92 Å². The molecule has 0 aromatic carbocycles. The first-order valence-electron chi connectivity index (χ1n) is 7.37. The van der Waals surface area contributed by atoms with Crippen LogP contribution in [0, 0.1) is 5.92 Å². The highest BCUT2D eigenvalue weighted by molar-refractivity contribution is 7.99. The lowest BCUT2D eigenvalue weighted by Crippen LogP contribution is -2.51. The van der Waals surface area contributed by atoms with Gasteiger partial charge in [0.1, 0.15) is 0 Å². The maximum atomic E-state index is 11.0. The van der Waals surface area contributed by atoms with Crippen LogP contribution in [-0.2, 0) is 9.53 Å². The summed E-state index contributed by atoms with van der Waals surface area (Å²) in [6, 6.07) is 0.613. The molecule has 0 radical (unpaired) electrons. The first-order chi connectivity index (χ1) is 9.19. The lowest BCUT2D eigenvalue weighted by atomic mass is 9.87. The van der Waals surface area contributed by atoms with E-state index in [9.17, 15) is 4.79 Å². The van der Waals surface area contributed by atoms with Gasteiger partial charge in [-0.05, 0) is 50.9 Å². The van der Waals surface area contributed by atoms with E-state index < -0.39 is 5.97 Å². The van der Waals surface area contributed by atoms with Gasteiger partial charge in [-0.3, -0.25) is 4.79 Å². The molecule has 3 saturated heterocycles. The summed E-state index contributed by atoms with van der Waals surface area (Å²) in [5, 5.41) is 9.06. The average molecular weight is 285 g/mol. The van der Waals surface area contributed by atoms with Crippen LogP contribution in [0.2, 0.25) is 0 Å². The molecule has 0 bridgehead atoms. The van der Waals surface area contributed by atoms with E-state index in [0.29, 0.717) is 6.04 Å². The molecule has 3 fully saturated rings. The average Bonchev–Trinajstić information content (AvgIpc) is 2.87. The molecule has 3 aliphatic heterocycles. The zero-order valence-corrected chi connectivity index (χ0v) is 12.2. The molecule has 3 rings (SSSR count). The van der Waals surface area contributed by atoms with Crippen molar-refractivity contribution in [2.75, 3.05) is 31.2 Å². The molecule has 0 amide bonds. The van der Waals surface area contributed by atoms with Crippen LogP contribution in [0.25, 0.3) is 0 Å². The Morgan fingerprint density at radius 1 is 1.32 bits per heavy atom. The standard InChI is InChI=1S/C14H23NO3S/c16-13(17)11-1-5-15(6-2-11)12-3-7-18-14(9-12)4-8-19-10-14/h11-12H,1-10H2,(H,16,17). The zero-order valence-electron chi connectivity index (χ0n) is 11.3. The van der Waals surface area contributed by atoms with E-state index in [0.717, 1.165) is 51.1 Å². The first kappa shape index (κ1) is 13.7. The monoisotopic (exact) mass is 285 g/mol. The second kappa shape index (κ2) is 5.62. The van der Waals surface area contributed by atoms with Gasteiger partial charge in [-0.15, -0.1) is 0 Å². The normalized spacial score (nSPS) is 37.8. The Bertz CT molecular complexity index is 336. The molecule has 1 spiro atoms. The van der Waals surface area contributed by atoms with Gasteiger partial charge >= 0.3 is 5.97 Å². The van der Waals surface area contributed by atoms with Crippen LogP contribution in [0.3, 0.4) is 0 Å². The predicted octanol–water partition coefficient (Wildman–Crippen LogP) is 1.84. The van der Waals surface area contributed by atoms with Gasteiger partial charge in [-0.2, -0.15) is 11.8 Å². The van der Waals surface area contributed by atoms with Crippen LogP contribution in [0.5, 0.6) is 0 Å². The van der Waals surface area contributed by atoms with Crippen LogP contribution in [0.15, 0.2) is 0 Å². The lowest BCUT2D eigenvalue weighted by Gasteiger charge is -2.44. The smallest absolute Gasteiger partial charge is 0.306 e. The number of likely N-dealkylation sites (tertiary alicyclic amines) is 1. The Morgan fingerprint density at radius 2 is 2.11 bits per heavy atom. The maximum absolute atomic E-state index is 11.0. The van der Waals surface area contributed by atoms with Crippen molar-refractivity contribution < 1.29 is 14.6 Å². The number of nitrogens with zero attached hydrogens (tertiary/aromatic N) is 1. The van der Waals surface area contributed by atoms with Crippen molar-refractivity contribution in [3.05, 3.63) is 0 Å². The predicted molar refractivity (Wildman–Crippen MR) is 75.6 cm³/mol. The summed E-state index contributed by atoms with van der Waals surface area (Å²) < 4.78 is 6.07. The first-order valence-corrected chi connectivity index (χ1v) is 8.53. The van der Waals surface area contributed by atoms with E-state index in [1.165, 1.54) is 12.2 Å². The topological polar surface area (TPSA) is 49.8 Å². The number of thioether (sulfide) groups is 1. The van der Waals surface area contributed by atoms with Gasteiger partial charge in [-0.1, -0.05) is 0 Å². The summed E-state index contributed by atoms with van der Waals surface area (Å²) in [5.74, 6) is 1.64. The number of carboxylic acids is 1. The molecule has 1 N–H and O–H groups in total. The van der Waals surface area contributed by atoms with E-state index in [4.69, 9.17) is 9.84 Å². The van der Waals surface area contributed by atoms with Crippen molar-refractivity contribution in [1.82, 2.24) is 4.90 Å². The molecule has 0 aromatic rings. The van der Waals surface area contributed by atoms with Crippen LogP contribution >= 0.6 is 11.8 Å². The zero-order chi connectivity index (χ0) is 13.3. The Balaban J connectivity index is 1.56. The summed E-state index contributed by atoms with van der Waals surface area (Å²) in [7, 11) is 0. The van der Waals surface area contributed by atoms with Crippen LogP contribution in [0.1, 0.15) is 32.1 Å². The summed E-state index contributed by atoms with van der Waals surface area (Å²) in [5.41, 5.74) is 0.136. The van der Waals surface area contributed by atoms with Gasteiger partial charge in [0, 0.05) is 18.4 Å². The summed E-state index contributed by atoms with van der Waals surface area (Å²) >= 11 is 2.01. The van der Waals surface area contributed by atoms with E-state index in [-0.39, 0.29) is 11.5 Å². The van der Waals surface area contributed by atoms with E-state index in [1.807, 2.05) is 11.8 Å². The number of ether oxygens (including phenoxy) is 1. The highest BCUT2D eigenvalue weighted by atomic mass is 32.2. The molecule has 19 heavy (non-hydrogen) atoms. The fourth-order valence-electron chi connectivity index (χ4n) is 3.69. The van der Waals surface area contributed by atoms with Gasteiger partial charge in [0.2, 0.25) is 0 Å². The number of piperidine rings is 1. The number of hydrogen-bond donors (Lipinski definition) is 1. The Kier molecular flexibility index (Phi) is 4.06. The third-order valence-electron chi connectivity index (χ3n) is 4.93. The molecule has 3 aliphatic rings. The van der Waals surface area contributed by atoms with Crippen LogP contribution in [-0.4, -0.2) is 58.8 Å². The van der Waals surface area contributed by atoms with Gasteiger partial charge in [0.15, 0.2) is 0 Å². The molecule has 0 aliphatic carbocycles. The van der Waals surface area contributed by atoms with Gasteiger partial charge < -0.3 is 14.7 Å². The fraction of sp³-hybridized carbons (Fsp3) is 0.929. The molecule has 0 aromatic heterocycles. The number of carbonyl (C=O) groups is 1. The molecule has 3 heterocycles. The second-order valence-corrected chi connectivity index (χ2v) is 7.23. The lowest BCUT2D eigenvalue weighted by molar-refractivity contribution is -0.144. The molecular formula is C14H23NO3S. The van der Waals surface area contributed by atoms with Crippen molar-refractivity contribution >= 4 is 17.7 Å². The van der Waals surface area contributed by atoms with E-state index in [1.54, 1.807) is 0 Å². The van der Waals surface area contributed by atoms with Crippen LogP contribution in [0.4, 0.5) is 0 Å². The highest BCUT2D eigenvalue weighted by Gasteiger charge is 2.42. The molecule has 2 atom stereocenters. The Morgan fingerprint density at radius 3 is 2.74 bits per heavy atom. The largest absolute Gasteiger partial charge is 0.481 e. The molecule has 108 valence electrons. The Labute approximate surface area is 118 Å². The van der Waals surface area contributed by atoms with E-state index >= 15 is 0 Å². The molecule has 5 heteroatoms. The highest BCUT2D eigenvalue weighted by Crippen LogP contribution is 2.40. The van der Waals surface area contributed by atoms with Gasteiger partial charge in [-0.25, -0.2) is 0 Å². The number of aliphatic carboxylic acids is 1. The quantitative estimate of drug-likeness (QED) is 0.839. The van der Waals surface area contributed by atoms with Gasteiger partial charge in [0.05, 0.1) is 11.5 Å². The SMILES string of the molecule is O=C(O)C1CCN(C2CCOC3(CCSC3)C2)CC1. The molecule has 0 saturated carbocycles. The summed E-state index contributed by atoms with van der Waals surface area (Å²) in [6.45, 7) is 2.78. The van der Waals surface area contributed by atoms with Crippen molar-refractivity contribution in [2.45, 2.75) is 43.7 Å². The minimum Gasteiger partial charge on any atom is -0.481 e.